The van der Waals surface area contributed by atoms with Gasteiger partial charge in [0.1, 0.15) is 11.6 Å². The van der Waals surface area contributed by atoms with Crippen molar-refractivity contribution in [3.8, 4) is 0 Å². The molecule has 0 spiro atoms. The quantitative estimate of drug-likeness (QED) is 0.424. The molecule has 1 aliphatic carbocycles. The van der Waals surface area contributed by atoms with Gasteiger partial charge in [-0.1, -0.05) is 37.4 Å². The first-order chi connectivity index (χ1) is 11.7. The molecule has 0 nitrogen and oxygen atoms in total. The zero-order valence-electron chi connectivity index (χ0n) is 14.7. The Balaban J connectivity index is 1.93. The van der Waals surface area contributed by atoms with Crippen LogP contribution in [0.1, 0.15) is 81.8 Å². The number of halogens is 3. The van der Waals surface area contributed by atoms with E-state index in [2.05, 4.69) is 6.92 Å². The van der Waals surface area contributed by atoms with Crippen molar-refractivity contribution in [3.05, 3.63) is 46.5 Å². The summed E-state index contributed by atoms with van der Waals surface area (Å²) in [6.45, 7) is 2.10. The first-order valence-electron chi connectivity index (χ1n) is 9.38. The maximum absolute atomic E-state index is 14.3. The van der Waals surface area contributed by atoms with Crippen molar-refractivity contribution >= 4 is 11.6 Å². The van der Waals surface area contributed by atoms with Crippen LogP contribution in [0.3, 0.4) is 0 Å². The van der Waals surface area contributed by atoms with Crippen LogP contribution in [0.15, 0.2) is 23.7 Å². The first-order valence-corrected chi connectivity index (χ1v) is 9.82. The average Bonchev–Trinajstić information content (AvgIpc) is 2.58. The van der Waals surface area contributed by atoms with Gasteiger partial charge in [-0.3, -0.25) is 0 Å². The summed E-state index contributed by atoms with van der Waals surface area (Å²) in [4.78, 5) is 0. The summed E-state index contributed by atoms with van der Waals surface area (Å²) in [5, 5.41) is 0. The molecule has 0 N–H and O–H groups in total. The van der Waals surface area contributed by atoms with Gasteiger partial charge in [0.15, 0.2) is 0 Å². The van der Waals surface area contributed by atoms with Gasteiger partial charge < -0.3 is 0 Å². The topological polar surface area (TPSA) is 0 Å². The molecule has 1 fully saturated rings. The normalized spacial score (nSPS) is 21.5. The monoisotopic (exact) mass is 354 g/mol. The highest BCUT2D eigenvalue weighted by Gasteiger charge is 2.23. The Morgan fingerprint density at radius 3 is 2.33 bits per heavy atom. The second-order valence-corrected chi connectivity index (χ2v) is 7.33. The third kappa shape index (κ3) is 5.58. The highest BCUT2D eigenvalue weighted by Crippen LogP contribution is 2.38. The minimum atomic E-state index is -0.351. The summed E-state index contributed by atoms with van der Waals surface area (Å²) < 4.78 is 28.6. The Bertz CT molecular complexity index is 508. The van der Waals surface area contributed by atoms with Gasteiger partial charge in [0.05, 0.1) is 0 Å². The molecule has 1 aromatic rings. The van der Waals surface area contributed by atoms with Crippen molar-refractivity contribution < 1.29 is 8.78 Å². The lowest BCUT2D eigenvalue weighted by molar-refractivity contribution is 0.311. The van der Waals surface area contributed by atoms with Gasteiger partial charge in [-0.25, -0.2) is 8.78 Å². The summed E-state index contributed by atoms with van der Waals surface area (Å²) in [6.07, 6.45) is 12.0. The fraction of sp³-hybridized carbons (Fsp3) is 0.619. The minimum Gasteiger partial charge on any atom is -0.207 e. The predicted octanol–water partition coefficient (Wildman–Crippen LogP) is 7.50. The molecule has 1 aliphatic rings. The van der Waals surface area contributed by atoms with Gasteiger partial charge in [0, 0.05) is 11.1 Å². The second kappa shape index (κ2) is 10.2. The number of unbranched alkanes of at least 4 members (excludes halogenated alkanes) is 2. The third-order valence-corrected chi connectivity index (χ3v) is 5.52. The molecule has 0 aromatic heterocycles. The molecule has 24 heavy (non-hydrogen) atoms. The molecule has 0 heterocycles. The summed E-state index contributed by atoms with van der Waals surface area (Å²) in [5.41, 5.74) is 2.70. The molecule has 3 heteroatoms. The SMILES string of the molecule is CCCCCc1c(F)cc([C@H]2CC[C@H](CC/C=C/Cl)CC2)cc1F. The smallest absolute Gasteiger partial charge is 0.129 e. The largest absolute Gasteiger partial charge is 0.207 e. The molecule has 0 radical (unpaired) electrons. The fourth-order valence-corrected chi connectivity index (χ4v) is 3.95. The summed E-state index contributed by atoms with van der Waals surface area (Å²) in [6, 6.07) is 3.18. The van der Waals surface area contributed by atoms with E-state index in [0.29, 0.717) is 12.3 Å². The summed E-state index contributed by atoms with van der Waals surface area (Å²) in [7, 11) is 0. The Labute approximate surface area is 150 Å². The lowest BCUT2D eigenvalue weighted by atomic mass is 9.77. The van der Waals surface area contributed by atoms with Crippen LogP contribution in [-0.2, 0) is 6.42 Å². The maximum Gasteiger partial charge on any atom is 0.129 e. The van der Waals surface area contributed by atoms with Crippen molar-refractivity contribution in [3.63, 3.8) is 0 Å². The molecule has 1 aromatic carbocycles. The number of allylic oxidation sites excluding steroid dienone is 1. The molecule has 0 atom stereocenters. The van der Waals surface area contributed by atoms with Crippen LogP contribution in [0, 0.1) is 17.6 Å². The summed E-state index contributed by atoms with van der Waals surface area (Å²) >= 11 is 5.55. The first kappa shape index (κ1) is 19.4. The van der Waals surface area contributed by atoms with Crippen LogP contribution < -0.4 is 0 Å². The van der Waals surface area contributed by atoms with E-state index in [0.717, 1.165) is 69.3 Å². The van der Waals surface area contributed by atoms with Crippen LogP contribution in [0.25, 0.3) is 0 Å². The van der Waals surface area contributed by atoms with Gasteiger partial charge in [-0.2, -0.15) is 0 Å². The van der Waals surface area contributed by atoms with Gasteiger partial charge in [-0.15, -0.1) is 0 Å². The molecular weight excluding hydrogens is 326 g/mol. The fourth-order valence-electron chi connectivity index (χ4n) is 3.83. The number of hydrogen-bond acceptors (Lipinski definition) is 0. The molecule has 0 bridgehead atoms. The zero-order valence-corrected chi connectivity index (χ0v) is 15.4. The predicted molar refractivity (Wildman–Crippen MR) is 98.5 cm³/mol. The molecule has 0 unspecified atom stereocenters. The van der Waals surface area contributed by atoms with Crippen LogP contribution >= 0.6 is 11.6 Å². The lowest BCUT2D eigenvalue weighted by Gasteiger charge is -2.29. The maximum atomic E-state index is 14.3. The number of benzene rings is 1. The third-order valence-electron chi connectivity index (χ3n) is 5.34. The van der Waals surface area contributed by atoms with E-state index >= 15 is 0 Å². The van der Waals surface area contributed by atoms with Crippen LogP contribution in [-0.4, -0.2) is 0 Å². The van der Waals surface area contributed by atoms with Crippen molar-refractivity contribution in [2.75, 3.05) is 0 Å². The van der Waals surface area contributed by atoms with E-state index in [9.17, 15) is 8.78 Å². The summed E-state index contributed by atoms with van der Waals surface area (Å²) in [5.74, 6) is 0.321. The Morgan fingerprint density at radius 1 is 1.08 bits per heavy atom. The molecule has 1 saturated carbocycles. The van der Waals surface area contributed by atoms with Crippen LogP contribution in [0.4, 0.5) is 8.78 Å². The lowest BCUT2D eigenvalue weighted by Crippen LogP contribution is -2.14. The van der Waals surface area contributed by atoms with Gasteiger partial charge in [0.2, 0.25) is 0 Å². The zero-order chi connectivity index (χ0) is 17.4. The van der Waals surface area contributed by atoms with Gasteiger partial charge in [-0.05, 0) is 80.9 Å². The Kier molecular flexibility index (Phi) is 8.24. The van der Waals surface area contributed by atoms with Crippen LogP contribution in [0.2, 0.25) is 0 Å². The van der Waals surface area contributed by atoms with E-state index in [4.69, 9.17) is 11.6 Å². The van der Waals surface area contributed by atoms with Crippen molar-refractivity contribution in [1.82, 2.24) is 0 Å². The second-order valence-electron chi connectivity index (χ2n) is 7.08. The average molecular weight is 355 g/mol. The standard InChI is InChI=1S/C21H29ClF2/c1-2-3-4-8-19-20(23)14-18(15-21(19)24)17-11-9-16(10-12-17)7-5-6-13-22/h6,13-17H,2-5,7-12H2,1H3/b13-6+/t16-,17-. The molecule has 2 rings (SSSR count). The van der Waals surface area contributed by atoms with E-state index < -0.39 is 0 Å². The highest BCUT2D eigenvalue weighted by molar-refractivity contribution is 6.25. The van der Waals surface area contributed by atoms with E-state index in [1.54, 1.807) is 17.7 Å². The Hall–Kier alpha value is -0.890. The van der Waals surface area contributed by atoms with E-state index in [1.807, 2.05) is 6.08 Å². The van der Waals surface area contributed by atoms with Crippen LogP contribution in [0.5, 0.6) is 0 Å². The molecule has 0 amide bonds. The van der Waals surface area contributed by atoms with Crippen molar-refractivity contribution in [2.45, 2.75) is 77.0 Å². The van der Waals surface area contributed by atoms with Crippen molar-refractivity contribution in [1.29, 1.82) is 0 Å². The van der Waals surface area contributed by atoms with E-state index in [1.165, 1.54) is 0 Å². The molecule has 0 aliphatic heterocycles. The van der Waals surface area contributed by atoms with Crippen molar-refractivity contribution in [2.24, 2.45) is 5.92 Å². The number of hydrogen-bond donors (Lipinski definition) is 0. The highest BCUT2D eigenvalue weighted by atomic mass is 35.5. The minimum absolute atomic E-state index is 0.272. The number of rotatable bonds is 8. The molecular formula is C21H29ClF2. The molecule has 134 valence electrons. The van der Waals surface area contributed by atoms with Gasteiger partial charge >= 0.3 is 0 Å². The Morgan fingerprint density at radius 2 is 1.75 bits per heavy atom. The van der Waals surface area contributed by atoms with Gasteiger partial charge in [0.25, 0.3) is 0 Å². The molecule has 0 saturated heterocycles. The van der Waals surface area contributed by atoms with E-state index in [-0.39, 0.29) is 17.2 Å².